The first-order chi connectivity index (χ1) is 14.3. The molecule has 0 radical (unpaired) electrons. The monoisotopic (exact) mass is 447 g/mol. The first-order valence-corrected chi connectivity index (χ1v) is 11.2. The van der Waals surface area contributed by atoms with Gasteiger partial charge >= 0.3 is 0 Å². The van der Waals surface area contributed by atoms with Gasteiger partial charge in [-0.3, -0.25) is 10.1 Å². The van der Waals surface area contributed by atoms with Crippen LogP contribution < -0.4 is 15.4 Å². The summed E-state index contributed by atoms with van der Waals surface area (Å²) in [5, 5.41) is 5.51. The number of nitrogens with zero attached hydrogens (tertiary/aromatic N) is 1. The summed E-state index contributed by atoms with van der Waals surface area (Å²) in [5.41, 5.74) is 1.33. The summed E-state index contributed by atoms with van der Waals surface area (Å²) in [6.45, 7) is 4.38. The average Bonchev–Trinajstić information content (AvgIpc) is 2.73. The predicted octanol–water partition coefficient (Wildman–Crippen LogP) is 3.25. The Morgan fingerprint density at radius 1 is 1.10 bits per heavy atom. The zero-order valence-corrected chi connectivity index (χ0v) is 18.7. The lowest BCUT2D eigenvalue weighted by atomic mass is 10.2. The molecule has 0 heterocycles. The SMILES string of the molecule is CCN(CC)S(=O)(=O)c1ccc(NC(=S)NC(=O)C=Cc2ccccc2OC)cc1. The number of para-hydroxylation sites is 1. The Balaban J connectivity index is 1.98. The molecule has 0 aliphatic rings. The molecule has 0 aliphatic carbocycles. The van der Waals surface area contributed by atoms with E-state index in [1.807, 2.05) is 18.2 Å². The number of carbonyl (C=O) groups is 1. The molecule has 7 nitrogen and oxygen atoms in total. The van der Waals surface area contributed by atoms with Gasteiger partial charge in [-0.1, -0.05) is 32.0 Å². The number of benzene rings is 2. The second kappa shape index (κ2) is 10.9. The van der Waals surface area contributed by atoms with Crippen molar-refractivity contribution in [3.05, 3.63) is 60.2 Å². The number of rotatable bonds is 8. The molecule has 0 atom stereocenters. The van der Waals surface area contributed by atoms with Gasteiger partial charge in [0, 0.05) is 30.4 Å². The molecule has 2 aromatic carbocycles. The number of anilines is 1. The highest BCUT2D eigenvalue weighted by atomic mass is 32.2. The maximum absolute atomic E-state index is 12.5. The van der Waals surface area contributed by atoms with Gasteiger partial charge in [-0.15, -0.1) is 0 Å². The molecule has 9 heteroatoms. The summed E-state index contributed by atoms with van der Waals surface area (Å²) < 4.78 is 31.6. The fraction of sp³-hybridized carbons (Fsp3) is 0.238. The fourth-order valence-electron chi connectivity index (χ4n) is 2.71. The normalized spacial score (nSPS) is 11.5. The van der Waals surface area contributed by atoms with E-state index in [4.69, 9.17) is 17.0 Å². The number of carbonyl (C=O) groups excluding carboxylic acids is 1. The maximum Gasteiger partial charge on any atom is 0.250 e. The van der Waals surface area contributed by atoms with Crippen LogP contribution in [0.2, 0.25) is 0 Å². The molecule has 0 bridgehead atoms. The van der Waals surface area contributed by atoms with Crippen LogP contribution in [-0.2, 0) is 14.8 Å². The van der Waals surface area contributed by atoms with Crippen LogP contribution >= 0.6 is 12.2 Å². The summed E-state index contributed by atoms with van der Waals surface area (Å²) in [4.78, 5) is 12.3. The van der Waals surface area contributed by atoms with E-state index in [0.717, 1.165) is 5.56 Å². The summed E-state index contributed by atoms with van der Waals surface area (Å²) in [7, 11) is -1.96. The van der Waals surface area contributed by atoms with Crippen molar-refractivity contribution in [1.82, 2.24) is 9.62 Å². The summed E-state index contributed by atoms with van der Waals surface area (Å²) in [5.74, 6) is 0.251. The van der Waals surface area contributed by atoms with E-state index in [1.54, 1.807) is 45.2 Å². The quantitative estimate of drug-likeness (QED) is 0.477. The molecule has 160 valence electrons. The number of thiocarbonyl (C=S) groups is 1. The minimum absolute atomic E-state index is 0.101. The third kappa shape index (κ3) is 6.12. The van der Waals surface area contributed by atoms with Crippen molar-refractivity contribution in [3.63, 3.8) is 0 Å². The minimum Gasteiger partial charge on any atom is -0.496 e. The van der Waals surface area contributed by atoms with Gasteiger partial charge in [0.2, 0.25) is 15.9 Å². The van der Waals surface area contributed by atoms with Gasteiger partial charge < -0.3 is 10.1 Å². The van der Waals surface area contributed by atoms with Crippen LogP contribution in [0, 0.1) is 0 Å². The molecule has 0 saturated heterocycles. The number of hydrogen-bond donors (Lipinski definition) is 2. The third-order valence-corrected chi connectivity index (χ3v) is 6.51. The Morgan fingerprint density at radius 3 is 2.33 bits per heavy atom. The molecular formula is C21H25N3O4S2. The highest BCUT2D eigenvalue weighted by molar-refractivity contribution is 7.89. The van der Waals surface area contributed by atoms with Crippen molar-refractivity contribution < 1.29 is 17.9 Å². The second-order valence-corrected chi connectivity index (χ2v) is 8.48. The number of nitrogens with one attached hydrogen (secondary N) is 2. The molecule has 0 aromatic heterocycles. The van der Waals surface area contributed by atoms with Crippen molar-refractivity contribution in [2.75, 3.05) is 25.5 Å². The molecule has 2 N–H and O–H groups in total. The van der Waals surface area contributed by atoms with Gasteiger partial charge in [0.1, 0.15) is 5.75 Å². The number of sulfonamides is 1. The van der Waals surface area contributed by atoms with Crippen LogP contribution in [0.25, 0.3) is 6.08 Å². The highest BCUT2D eigenvalue weighted by Gasteiger charge is 2.21. The van der Waals surface area contributed by atoms with Crippen LogP contribution in [0.5, 0.6) is 5.75 Å². The topological polar surface area (TPSA) is 87.7 Å². The van der Waals surface area contributed by atoms with Gasteiger partial charge in [0.05, 0.1) is 12.0 Å². The van der Waals surface area contributed by atoms with Crippen molar-refractivity contribution in [1.29, 1.82) is 0 Å². The van der Waals surface area contributed by atoms with E-state index in [-0.39, 0.29) is 10.0 Å². The van der Waals surface area contributed by atoms with Crippen molar-refractivity contribution in [3.8, 4) is 5.75 Å². The average molecular weight is 448 g/mol. The van der Waals surface area contributed by atoms with Gasteiger partial charge in [0.15, 0.2) is 5.11 Å². The molecule has 2 aromatic rings. The van der Waals surface area contributed by atoms with Gasteiger partial charge in [0.25, 0.3) is 0 Å². The molecule has 0 spiro atoms. The summed E-state index contributed by atoms with van der Waals surface area (Å²) >= 11 is 5.15. The Bertz CT molecular complexity index is 1010. The lowest BCUT2D eigenvalue weighted by molar-refractivity contribution is -0.115. The van der Waals surface area contributed by atoms with Crippen LogP contribution in [0.15, 0.2) is 59.5 Å². The lowest BCUT2D eigenvalue weighted by Gasteiger charge is -2.18. The number of hydrogen-bond acceptors (Lipinski definition) is 5. The fourth-order valence-corrected chi connectivity index (χ4v) is 4.38. The van der Waals surface area contributed by atoms with Gasteiger partial charge in [-0.2, -0.15) is 4.31 Å². The Morgan fingerprint density at radius 2 is 1.73 bits per heavy atom. The minimum atomic E-state index is -3.52. The smallest absolute Gasteiger partial charge is 0.250 e. The molecule has 1 amide bonds. The molecule has 2 rings (SSSR count). The van der Waals surface area contributed by atoms with Crippen LogP contribution in [-0.4, -0.2) is 43.9 Å². The zero-order valence-electron chi connectivity index (χ0n) is 17.1. The largest absolute Gasteiger partial charge is 0.496 e. The standard InChI is InChI=1S/C21H25N3O4S2/c1-4-24(5-2)30(26,27)18-13-11-17(12-14-18)22-21(29)23-20(25)15-10-16-8-6-7-9-19(16)28-3/h6-15H,4-5H2,1-3H3,(H2,22,23,25,29). The third-order valence-electron chi connectivity index (χ3n) is 4.25. The van der Waals surface area contributed by atoms with Crippen LogP contribution in [0.1, 0.15) is 19.4 Å². The Kier molecular flexibility index (Phi) is 8.52. The Labute approximate surface area is 182 Å². The first kappa shape index (κ1) is 23.5. The molecule has 0 saturated carbocycles. The summed E-state index contributed by atoms with van der Waals surface area (Å²) in [6.07, 6.45) is 2.98. The van der Waals surface area contributed by atoms with Crippen molar-refractivity contribution in [2.45, 2.75) is 18.7 Å². The summed E-state index contributed by atoms with van der Waals surface area (Å²) in [6, 6.07) is 13.5. The van der Waals surface area contributed by atoms with E-state index >= 15 is 0 Å². The van der Waals surface area contributed by atoms with E-state index in [0.29, 0.717) is 24.5 Å². The molecule has 0 aliphatic heterocycles. The molecule has 30 heavy (non-hydrogen) atoms. The lowest BCUT2D eigenvalue weighted by Crippen LogP contribution is -2.33. The maximum atomic E-state index is 12.5. The molecular weight excluding hydrogens is 422 g/mol. The van der Waals surface area contributed by atoms with E-state index in [1.165, 1.54) is 22.5 Å². The zero-order chi connectivity index (χ0) is 22.1. The molecule has 0 fully saturated rings. The molecule has 0 unspecified atom stereocenters. The van der Waals surface area contributed by atoms with Crippen LogP contribution in [0.4, 0.5) is 5.69 Å². The number of amides is 1. The Hall–Kier alpha value is -2.75. The van der Waals surface area contributed by atoms with Crippen LogP contribution in [0.3, 0.4) is 0 Å². The number of ether oxygens (including phenoxy) is 1. The first-order valence-electron chi connectivity index (χ1n) is 9.35. The van der Waals surface area contributed by atoms with Crippen molar-refractivity contribution >= 4 is 45.0 Å². The van der Waals surface area contributed by atoms with E-state index < -0.39 is 15.9 Å². The predicted molar refractivity (Wildman–Crippen MR) is 123 cm³/mol. The van der Waals surface area contributed by atoms with E-state index in [9.17, 15) is 13.2 Å². The second-order valence-electron chi connectivity index (χ2n) is 6.13. The number of methoxy groups -OCH3 is 1. The van der Waals surface area contributed by atoms with Gasteiger partial charge in [-0.25, -0.2) is 8.42 Å². The van der Waals surface area contributed by atoms with Crippen molar-refractivity contribution in [2.24, 2.45) is 0 Å². The van der Waals surface area contributed by atoms with Gasteiger partial charge in [-0.05, 0) is 48.6 Å². The van der Waals surface area contributed by atoms with E-state index in [2.05, 4.69) is 10.6 Å². The highest BCUT2D eigenvalue weighted by Crippen LogP contribution is 2.19.